The molecule has 0 amide bonds. The normalized spacial score (nSPS) is 10.8. The van der Waals surface area contributed by atoms with Gasteiger partial charge in [-0.15, -0.1) is 0 Å². The zero-order chi connectivity index (χ0) is 24.1. The molecule has 0 aliphatic carbocycles. The van der Waals surface area contributed by atoms with Crippen LogP contribution in [0.5, 0.6) is 5.75 Å². The zero-order valence-electron chi connectivity index (χ0n) is 19.1. The first kappa shape index (κ1) is 23.4. The van der Waals surface area contributed by atoms with Gasteiger partial charge >= 0.3 is 0 Å². The van der Waals surface area contributed by atoms with Gasteiger partial charge in [0, 0.05) is 28.7 Å². The Kier molecular flexibility index (Phi) is 7.23. The standard InChI is InChI=1S/C27H26FN3O2S/c1-18-4-3-5-19(14-18)12-13-31(27(34)29-23-8-6-22(28)7-9-23)17-21-15-20-16-24(33-2)10-11-25(20)30-26(21)32/h3-11,14-16H,12-13,17H2,1-2H3,(H,29,34)(H,30,32). The van der Waals surface area contributed by atoms with Crippen molar-refractivity contribution in [1.29, 1.82) is 0 Å². The number of halogens is 1. The number of methoxy groups -OCH3 is 1. The molecule has 0 radical (unpaired) electrons. The van der Waals surface area contributed by atoms with Gasteiger partial charge in [0.25, 0.3) is 5.56 Å². The number of nitrogens with zero attached hydrogens (tertiary/aromatic N) is 1. The van der Waals surface area contributed by atoms with Crippen LogP contribution in [0.3, 0.4) is 0 Å². The SMILES string of the molecule is COc1ccc2[nH]c(=O)c(CN(CCc3cccc(C)c3)C(=S)Nc3ccc(F)cc3)cc2c1. The quantitative estimate of drug-likeness (QED) is 0.349. The van der Waals surface area contributed by atoms with Crippen LogP contribution in [0.25, 0.3) is 10.9 Å². The molecule has 174 valence electrons. The van der Waals surface area contributed by atoms with Crippen LogP contribution in [0.2, 0.25) is 0 Å². The number of rotatable bonds is 7. The highest BCUT2D eigenvalue weighted by Crippen LogP contribution is 2.20. The molecule has 1 heterocycles. The molecule has 4 rings (SSSR count). The number of pyridine rings is 1. The Labute approximate surface area is 203 Å². The highest BCUT2D eigenvalue weighted by atomic mass is 32.1. The van der Waals surface area contributed by atoms with E-state index in [-0.39, 0.29) is 11.4 Å². The molecule has 7 heteroatoms. The first-order valence-corrected chi connectivity index (χ1v) is 11.4. The fourth-order valence-corrected chi connectivity index (χ4v) is 4.07. The topological polar surface area (TPSA) is 57.4 Å². The molecule has 4 aromatic rings. The van der Waals surface area contributed by atoms with Crippen LogP contribution in [0.1, 0.15) is 16.7 Å². The lowest BCUT2D eigenvalue weighted by molar-refractivity contribution is 0.415. The van der Waals surface area contributed by atoms with Crippen LogP contribution in [0.15, 0.2) is 77.6 Å². The smallest absolute Gasteiger partial charge is 0.253 e. The number of H-pyrrole nitrogens is 1. The summed E-state index contributed by atoms with van der Waals surface area (Å²) in [7, 11) is 1.61. The number of benzene rings is 3. The lowest BCUT2D eigenvalue weighted by Crippen LogP contribution is -2.37. The molecule has 0 aliphatic heterocycles. The predicted octanol–water partition coefficient (Wildman–Crippen LogP) is 5.43. The average Bonchev–Trinajstić information content (AvgIpc) is 2.83. The van der Waals surface area contributed by atoms with E-state index < -0.39 is 0 Å². The maximum absolute atomic E-state index is 13.3. The molecule has 1 aromatic heterocycles. The highest BCUT2D eigenvalue weighted by molar-refractivity contribution is 7.80. The highest BCUT2D eigenvalue weighted by Gasteiger charge is 2.14. The summed E-state index contributed by atoms with van der Waals surface area (Å²) in [5.74, 6) is 0.404. The number of hydrogen-bond donors (Lipinski definition) is 2. The number of aryl methyl sites for hydroxylation is 1. The van der Waals surface area contributed by atoms with Crippen LogP contribution in [0, 0.1) is 12.7 Å². The zero-order valence-corrected chi connectivity index (χ0v) is 19.9. The number of ether oxygens (including phenoxy) is 1. The number of fused-ring (bicyclic) bond motifs is 1. The molecule has 0 saturated heterocycles. The summed E-state index contributed by atoms with van der Waals surface area (Å²) in [4.78, 5) is 17.7. The Morgan fingerprint density at radius 1 is 1.09 bits per heavy atom. The Balaban J connectivity index is 1.61. The molecule has 0 atom stereocenters. The first-order chi connectivity index (χ1) is 16.4. The van der Waals surface area contributed by atoms with E-state index in [0.717, 1.165) is 23.1 Å². The molecule has 3 aromatic carbocycles. The summed E-state index contributed by atoms with van der Waals surface area (Å²) in [6, 6.07) is 21.7. The summed E-state index contributed by atoms with van der Waals surface area (Å²) in [5, 5.41) is 4.51. The fourth-order valence-electron chi connectivity index (χ4n) is 3.80. The molecular weight excluding hydrogens is 449 g/mol. The number of hydrogen-bond acceptors (Lipinski definition) is 3. The molecule has 0 aliphatic rings. The second-order valence-electron chi connectivity index (χ2n) is 8.17. The van der Waals surface area contributed by atoms with Crippen LogP contribution < -0.4 is 15.6 Å². The number of thiocarbonyl (C=S) groups is 1. The Bertz CT molecular complexity index is 1370. The maximum Gasteiger partial charge on any atom is 0.253 e. The van der Waals surface area contributed by atoms with Crippen molar-refractivity contribution in [3.8, 4) is 5.75 Å². The monoisotopic (exact) mass is 475 g/mol. The van der Waals surface area contributed by atoms with E-state index in [1.165, 1.54) is 23.3 Å². The van der Waals surface area contributed by atoms with E-state index in [2.05, 4.69) is 35.4 Å². The van der Waals surface area contributed by atoms with Gasteiger partial charge in [0.1, 0.15) is 11.6 Å². The van der Waals surface area contributed by atoms with Gasteiger partial charge in [0.2, 0.25) is 0 Å². The van der Waals surface area contributed by atoms with E-state index in [1.807, 2.05) is 35.2 Å². The van der Waals surface area contributed by atoms with Gasteiger partial charge < -0.3 is 19.9 Å². The van der Waals surface area contributed by atoms with E-state index in [4.69, 9.17) is 17.0 Å². The fraction of sp³-hybridized carbons (Fsp3) is 0.185. The molecule has 5 nitrogen and oxygen atoms in total. The molecule has 0 saturated carbocycles. The van der Waals surface area contributed by atoms with Crippen molar-refractivity contribution in [2.75, 3.05) is 19.0 Å². The van der Waals surface area contributed by atoms with Gasteiger partial charge in [-0.05, 0) is 79.7 Å². The number of nitrogens with one attached hydrogen (secondary N) is 2. The summed E-state index contributed by atoms with van der Waals surface area (Å²) in [6.45, 7) is 2.98. The van der Waals surface area contributed by atoms with Crippen molar-refractivity contribution < 1.29 is 9.13 Å². The lowest BCUT2D eigenvalue weighted by Gasteiger charge is -2.26. The van der Waals surface area contributed by atoms with E-state index >= 15 is 0 Å². The third kappa shape index (κ3) is 5.80. The van der Waals surface area contributed by atoms with Crippen molar-refractivity contribution in [3.05, 3.63) is 106 Å². The lowest BCUT2D eigenvalue weighted by atomic mass is 10.1. The third-order valence-electron chi connectivity index (χ3n) is 5.63. The molecule has 34 heavy (non-hydrogen) atoms. The summed E-state index contributed by atoms with van der Waals surface area (Å²) >= 11 is 5.70. The average molecular weight is 476 g/mol. The molecule has 0 unspecified atom stereocenters. The molecule has 0 spiro atoms. The summed E-state index contributed by atoms with van der Waals surface area (Å²) < 4.78 is 18.6. The molecular formula is C27H26FN3O2S. The van der Waals surface area contributed by atoms with Gasteiger partial charge in [0.15, 0.2) is 5.11 Å². The van der Waals surface area contributed by atoms with Crippen molar-refractivity contribution in [1.82, 2.24) is 9.88 Å². The Morgan fingerprint density at radius 2 is 1.88 bits per heavy atom. The van der Waals surface area contributed by atoms with Crippen LogP contribution in [0.4, 0.5) is 10.1 Å². The van der Waals surface area contributed by atoms with E-state index in [9.17, 15) is 9.18 Å². The van der Waals surface area contributed by atoms with Crippen molar-refractivity contribution >= 4 is 33.9 Å². The minimum absolute atomic E-state index is 0.164. The van der Waals surface area contributed by atoms with Gasteiger partial charge in [-0.2, -0.15) is 0 Å². The predicted molar refractivity (Wildman–Crippen MR) is 139 cm³/mol. The van der Waals surface area contributed by atoms with Gasteiger partial charge in [-0.25, -0.2) is 4.39 Å². The molecule has 0 bridgehead atoms. The van der Waals surface area contributed by atoms with Crippen LogP contribution >= 0.6 is 12.2 Å². The minimum atomic E-state index is -0.314. The summed E-state index contributed by atoms with van der Waals surface area (Å²) in [5.41, 5.74) is 4.23. The Hall–Kier alpha value is -3.71. The number of aromatic amines is 1. The van der Waals surface area contributed by atoms with Crippen LogP contribution in [-0.2, 0) is 13.0 Å². The van der Waals surface area contributed by atoms with E-state index in [0.29, 0.717) is 29.5 Å². The minimum Gasteiger partial charge on any atom is -0.497 e. The van der Waals surface area contributed by atoms with Crippen LogP contribution in [-0.4, -0.2) is 28.7 Å². The van der Waals surface area contributed by atoms with Gasteiger partial charge in [-0.1, -0.05) is 29.8 Å². The van der Waals surface area contributed by atoms with E-state index in [1.54, 1.807) is 19.2 Å². The van der Waals surface area contributed by atoms with Crippen molar-refractivity contribution in [2.45, 2.75) is 19.9 Å². The maximum atomic E-state index is 13.3. The number of anilines is 1. The van der Waals surface area contributed by atoms with Crippen molar-refractivity contribution in [2.24, 2.45) is 0 Å². The second-order valence-corrected chi connectivity index (χ2v) is 8.56. The second kappa shape index (κ2) is 10.5. The third-order valence-corrected chi connectivity index (χ3v) is 5.99. The summed E-state index contributed by atoms with van der Waals surface area (Å²) in [6.07, 6.45) is 0.756. The largest absolute Gasteiger partial charge is 0.497 e. The van der Waals surface area contributed by atoms with Gasteiger partial charge in [-0.3, -0.25) is 4.79 Å². The molecule has 0 fully saturated rings. The number of aromatic nitrogens is 1. The Morgan fingerprint density at radius 3 is 2.62 bits per heavy atom. The first-order valence-electron chi connectivity index (χ1n) is 11.0. The van der Waals surface area contributed by atoms with Crippen molar-refractivity contribution in [3.63, 3.8) is 0 Å². The van der Waals surface area contributed by atoms with Gasteiger partial charge in [0.05, 0.1) is 13.7 Å². The molecule has 2 N–H and O–H groups in total.